The van der Waals surface area contributed by atoms with Gasteiger partial charge in [0.1, 0.15) is 0 Å². The summed E-state index contributed by atoms with van der Waals surface area (Å²) in [7, 11) is -3.29. The van der Waals surface area contributed by atoms with E-state index in [9.17, 15) is 8.42 Å². The number of nitrogens with zero attached hydrogens (tertiary/aromatic N) is 1. The van der Waals surface area contributed by atoms with E-state index >= 15 is 0 Å². The van der Waals surface area contributed by atoms with E-state index in [1.54, 1.807) is 4.31 Å². The molecule has 2 aliphatic rings. The minimum absolute atomic E-state index is 0.119. The van der Waals surface area contributed by atoms with Gasteiger partial charge in [-0.1, -0.05) is 26.2 Å². The molecule has 1 aliphatic heterocycles. The van der Waals surface area contributed by atoms with Crippen LogP contribution in [-0.4, -0.2) is 44.9 Å². The van der Waals surface area contributed by atoms with Gasteiger partial charge in [-0.2, -0.15) is 12.7 Å². The molecule has 1 saturated heterocycles. The summed E-state index contributed by atoms with van der Waals surface area (Å²) in [6, 6.07) is 0.119. The largest absolute Gasteiger partial charge is 0.315 e. The highest BCUT2D eigenvalue weighted by molar-refractivity contribution is 7.87. The normalized spacial score (nSPS) is 24.9. The van der Waals surface area contributed by atoms with Gasteiger partial charge >= 0.3 is 0 Å². The van der Waals surface area contributed by atoms with Gasteiger partial charge in [-0.3, -0.25) is 0 Å². The lowest BCUT2D eigenvalue weighted by molar-refractivity contribution is 0.243. The highest BCUT2D eigenvalue weighted by Gasteiger charge is 2.32. The Kier molecular flexibility index (Phi) is 6.26. The lowest BCUT2D eigenvalue weighted by atomic mass is 10.1. The number of hydrogen-bond acceptors (Lipinski definition) is 3. The van der Waals surface area contributed by atoms with Crippen LogP contribution >= 0.6 is 0 Å². The molecule has 0 amide bonds. The zero-order valence-electron chi connectivity index (χ0n) is 12.6. The average Bonchev–Trinajstić information content (AvgIpc) is 3.23. The summed E-state index contributed by atoms with van der Waals surface area (Å²) in [4.78, 5) is 0. The van der Waals surface area contributed by atoms with Gasteiger partial charge in [0.2, 0.25) is 0 Å². The molecule has 118 valence electrons. The molecule has 1 atom stereocenters. The fourth-order valence-electron chi connectivity index (χ4n) is 2.82. The van der Waals surface area contributed by atoms with Crippen LogP contribution in [0.5, 0.6) is 0 Å². The molecule has 2 N–H and O–H groups in total. The van der Waals surface area contributed by atoms with Crippen LogP contribution in [0.25, 0.3) is 0 Å². The van der Waals surface area contributed by atoms with E-state index in [4.69, 9.17) is 0 Å². The lowest BCUT2D eigenvalue weighted by Crippen LogP contribution is -2.52. The van der Waals surface area contributed by atoms with E-state index in [1.165, 1.54) is 12.8 Å². The molecule has 1 heterocycles. The Morgan fingerprint density at radius 2 is 1.95 bits per heavy atom. The Morgan fingerprint density at radius 3 is 2.65 bits per heavy atom. The van der Waals surface area contributed by atoms with E-state index in [0.717, 1.165) is 51.1 Å². The summed E-state index contributed by atoms with van der Waals surface area (Å²) in [6.45, 7) is 5.12. The zero-order chi connectivity index (χ0) is 14.4. The van der Waals surface area contributed by atoms with Crippen molar-refractivity contribution in [3.63, 3.8) is 0 Å². The minimum Gasteiger partial charge on any atom is -0.315 e. The Labute approximate surface area is 123 Å². The van der Waals surface area contributed by atoms with Crippen LogP contribution in [0.1, 0.15) is 51.9 Å². The molecule has 5 nitrogen and oxygen atoms in total. The molecule has 0 aromatic heterocycles. The van der Waals surface area contributed by atoms with E-state index in [-0.39, 0.29) is 6.04 Å². The summed E-state index contributed by atoms with van der Waals surface area (Å²) in [5, 5.41) is 3.36. The van der Waals surface area contributed by atoms with Crippen LogP contribution in [0.2, 0.25) is 0 Å². The fourth-order valence-corrected chi connectivity index (χ4v) is 4.30. The minimum atomic E-state index is -3.29. The maximum Gasteiger partial charge on any atom is 0.279 e. The van der Waals surface area contributed by atoms with Crippen molar-refractivity contribution < 1.29 is 8.42 Å². The van der Waals surface area contributed by atoms with Crippen LogP contribution in [0.4, 0.5) is 0 Å². The quantitative estimate of drug-likeness (QED) is 0.634. The molecule has 0 spiro atoms. The molecule has 0 bridgehead atoms. The third kappa shape index (κ3) is 4.98. The van der Waals surface area contributed by atoms with Crippen molar-refractivity contribution in [2.24, 2.45) is 5.92 Å². The van der Waals surface area contributed by atoms with Gasteiger partial charge in [-0.05, 0) is 38.1 Å². The van der Waals surface area contributed by atoms with Crippen molar-refractivity contribution in [3.05, 3.63) is 0 Å². The lowest BCUT2D eigenvalue weighted by Gasteiger charge is -2.34. The number of rotatable bonds is 9. The Hall–Kier alpha value is -0.170. The van der Waals surface area contributed by atoms with Gasteiger partial charge in [0.15, 0.2) is 0 Å². The first-order valence-electron chi connectivity index (χ1n) is 8.10. The summed E-state index contributed by atoms with van der Waals surface area (Å²) in [6.07, 6.45) is 7.70. The average molecular weight is 303 g/mol. The summed E-state index contributed by atoms with van der Waals surface area (Å²) >= 11 is 0. The van der Waals surface area contributed by atoms with Gasteiger partial charge in [0.05, 0.1) is 0 Å². The predicted octanol–water partition coefficient (Wildman–Crippen LogP) is 1.47. The van der Waals surface area contributed by atoms with E-state index < -0.39 is 10.2 Å². The van der Waals surface area contributed by atoms with Gasteiger partial charge in [-0.25, -0.2) is 4.72 Å². The highest BCUT2D eigenvalue weighted by atomic mass is 32.2. The van der Waals surface area contributed by atoms with Crippen molar-refractivity contribution >= 4 is 10.2 Å². The molecule has 0 aromatic rings. The third-order valence-electron chi connectivity index (χ3n) is 4.22. The SMILES string of the molecule is CCCNCC1CCCCN1S(=O)(=O)NCCC1CC1. The van der Waals surface area contributed by atoms with Crippen molar-refractivity contribution in [2.45, 2.75) is 57.9 Å². The van der Waals surface area contributed by atoms with Crippen molar-refractivity contribution in [3.8, 4) is 0 Å². The topological polar surface area (TPSA) is 61.4 Å². The number of hydrogen-bond donors (Lipinski definition) is 2. The monoisotopic (exact) mass is 303 g/mol. The second kappa shape index (κ2) is 7.73. The number of nitrogens with one attached hydrogen (secondary N) is 2. The third-order valence-corrected chi connectivity index (χ3v) is 5.89. The van der Waals surface area contributed by atoms with Crippen LogP contribution < -0.4 is 10.0 Å². The molecule has 1 aliphatic carbocycles. The maximum absolute atomic E-state index is 12.4. The molecule has 2 rings (SSSR count). The van der Waals surface area contributed by atoms with Gasteiger partial charge < -0.3 is 5.32 Å². The molecular weight excluding hydrogens is 274 g/mol. The molecular formula is C14H29N3O2S. The van der Waals surface area contributed by atoms with Crippen LogP contribution in [-0.2, 0) is 10.2 Å². The fraction of sp³-hybridized carbons (Fsp3) is 1.00. The maximum atomic E-state index is 12.4. The summed E-state index contributed by atoms with van der Waals surface area (Å²) in [5.41, 5.74) is 0. The molecule has 1 unspecified atom stereocenters. The molecule has 1 saturated carbocycles. The second-order valence-corrected chi connectivity index (χ2v) is 7.80. The predicted molar refractivity (Wildman–Crippen MR) is 81.8 cm³/mol. The van der Waals surface area contributed by atoms with Gasteiger partial charge in [-0.15, -0.1) is 0 Å². The van der Waals surface area contributed by atoms with Crippen LogP contribution in [0, 0.1) is 5.92 Å². The first-order chi connectivity index (χ1) is 9.63. The Bertz CT molecular complexity index is 382. The summed E-state index contributed by atoms with van der Waals surface area (Å²) < 4.78 is 29.3. The standard InChI is InChI=1S/C14H29N3O2S/c1-2-9-15-12-14-5-3-4-11-17(14)20(18,19)16-10-8-13-6-7-13/h13-16H,2-12H2,1H3. The molecule has 20 heavy (non-hydrogen) atoms. The van der Waals surface area contributed by atoms with Crippen molar-refractivity contribution in [1.82, 2.24) is 14.3 Å². The molecule has 6 heteroatoms. The first-order valence-corrected chi connectivity index (χ1v) is 9.54. The Morgan fingerprint density at radius 1 is 1.15 bits per heavy atom. The zero-order valence-corrected chi connectivity index (χ0v) is 13.4. The van der Waals surface area contributed by atoms with Gasteiger partial charge in [0.25, 0.3) is 10.2 Å². The van der Waals surface area contributed by atoms with Crippen molar-refractivity contribution in [1.29, 1.82) is 0 Å². The van der Waals surface area contributed by atoms with E-state index in [1.807, 2.05) is 0 Å². The van der Waals surface area contributed by atoms with Crippen LogP contribution in [0.15, 0.2) is 0 Å². The smallest absolute Gasteiger partial charge is 0.279 e. The molecule has 0 aromatic carbocycles. The number of piperidine rings is 1. The molecule has 0 radical (unpaired) electrons. The van der Waals surface area contributed by atoms with Gasteiger partial charge in [0, 0.05) is 25.7 Å². The highest BCUT2D eigenvalue weighted by Crippen LogP contribution is 2.31. The Balaban J connectivity index is 1.83. The summed E-state index contributed by atoms with van der Waals surface area (Å²) in [5.74, 6) is 0.765. The van der Waals surface area contributed by atoms with Crippen LogP contribution in [0.3, 0.4) is 0 Å². The molecule has 2 fully saturated rings. The first kappa shape index (κ1) is 16.2. The van der Waals surface area contributed by atoms with E-state index in [0.29, 0.717) is 13.1 Å². The second-order valence-electron chi connectivity index (χ2n) is 6.10. The van der Waals surface area contributed by atoms with Crippen molar-refractivity contribution in [2.75, 3.05) is 26.2 Å². The van der Waals surface area contributed by atoms with E-state index in [2.05, 4.69) is 17.0 Å².